The number of hydrogen-bond donors (Lipinski definition) is 1. The molecule has 1 atom stereocenters. The summed E-state index contributed by atoms with van der Waals surface area (Å²) in [7, 11) is 0. The highest BCUT2D eigenvalue weighted by molar-refractivity contribution is 5.31. The Hall–Kier alpha value is -0.860. The maximum Gasteiger partial charge on any atom is 0.0659 e. The minimum atomic E-state index is 0.00787. The first-order valence-corrected chi connectivity index (χ1v) is 6.57. The third kappa shape index (κ3) is 3.83. The van der Waals surface area contributed by atoms with Crippen molar-refractivity contribution in [2.24, 2.45) is 11.7 Å². The number of rotatable bonds is 6. The van der Waals surface area contributed by atoms with Crippen LogP contribution in [-0.4, -0.2) is 13.2 Å². The SMILES string of the molecule is Cc1ccc(C(N)COCCC2CC2)cc1C. The summed E-state index contributed by atoms with van der Waals surface area (Å²) in [6.45, 7) is 5.74. The molecule has 0 heterocycles. The number of ether oxygens (including phenoxy) is 1. The third-order valence-corrected chi connectivity index (χ3v) is 3.62. The van der Waals surface area contributed by atoms with E-state index in [-0.39, 0.29) is 6.04 Å². The van der Waals surface area contributed by atoms with Crippen molar-refractivity contribution in [2.75, 3.05) is 13.2 Å². The fourth-order valence-corrected chi connectivity index (χ4v) is 1.96. The Kier molecular flexibility index (Phi) is 4.19. The molecule has 1 aliphatic rings. The van der Waals surface area contributed by atoms with Gasteiger partial charge in [0.2, 0.25) is 0 Å². The highest BCUT2D eigenvalue weighted by atomic mass is 16.5. The van der Waals surface area contributed by atoms with Gasteiger partial charge in [-0.05, 0) is 42.9 Å². The van der Waals surface area contributed by atoms with Crippen LogP contribution >= 0.6 is 0 Å². The first-order valence-electron chi connectivity index (χ1n) is 6.57. The Bertz CT molecular complexity index is 371. The number of aryl methyl sites for hydroxylation is 2. The van der Waals surface area contributed by atoms with Crippen molar-refractivity contribution < 1.29 is 4.74 Å². The molecule has 1 aromatic carbocycles. The molecule has 0 saturated heterocycles. The number of hydrogen-bond acceptors (Lipinski definition) is 2. The zero-order valence-corrected chi connectivity index (χ0v) is 10.9. The van der Waals surface area contributed by atoms with Crippen LogP contribution in [0.3, 0.4) is 0 Å². The first kappa shape index (κ1) is 12.6. The largest absolute Gasteiger partial charge is 0.379 e. The Morgan fingerprint density at radius 3 is 2.71 bits per heavy atom. The second kappa shape index (κ2) is 5.65. The molecule has 2 nitrogen and oxygen atoms in total. The molecule has 0 bridgehead atoms. The van der Waals surface area contributed by atoms with Crippen LogP contribution in [0.2, 0.25) is 0 Å². The Labute approximate surface area is 104 Å². The molecular weight excluding hydrogens is 210 g/mol. The van der Waals surface area contributed by atoms with Gasteiger partial charge in [-0.2, -0.15) is 0 Å². The van der Waals surface area contributed by atoms with Gasteiger partial charge >= 0.3 is 0 Å². The van der Waals surface area contributed by atoms with Crippen molar-refractivity contribution in [3.05, 3.63) is 34.9 Å². The predicted octanol–water partition coefficient (Wildman–Crippen LogP) is 3.12. The van der Waals surface area contributed by atoms with E-state index in [1.54, 1.807) is 0 Å². The molecule has 2 heteroatoms. The van der Waals surface area contributed by atoms with Crippen LogP contribution in [0.1, 0.15) is 42.0 Å². The van der Waals surface area contributed by atoms with Gasteiger partial charge in [0.1, 0.15) is 0 Å². The lowest BCUT2D eigenvalue weighted by Crippen LogP contribution is -2.17. The van der Waals surface area contributed by atoms with Crippen LogP contribution < -0.4 is 5.73 Å². The lowest BCUT2D eigenvalue weighted by atomic mass is 10.0. The lowest BCUT2D eigenvalue weighted by Gasteiger charge is -2.14. The normalized spacial score (nSPS) is 17.1. The highest BCUT2D eigenvalue weighted by Crippen LogP contribution is 2.32. The fourth-order valence-electron chi connectivity index (χ4n) is 1.96. The summed E-state index contributed by atoms with van der Waals surface area (Å²) in [6.07, 6.45) is 4.00. The predicted molar refractivity (Wildman–Crippen MR) is 71.0 cm³/mol. The summed E-state index contributed by atoms with van der Waals surface area (Å²) in [5, 5.41) is 0. The van der Waals surface area contributed by atoms with Gasteiger partial charge in [-0.25, -0.2) is 0 Å². The van der Waals surface area contributed by atoms with Crippen molar-refractivity contribution in [1.82, 2.24) is 0 Å². The van der Waals surface area contributed by atoms with E-state index in [1.165, 1.54) is 36.0 Å². The van der Waals surface area contributed by atoms with E-state index in [2.05, 4.69) is 32.0 Å². The van der Waals surface area contributed by atoms with Crippen molar-refractivity contribution in [3.63, 3.8) is 0 Å². The van der Waals surface area contributed by atoms with Crippen LogP contribution in [0.25, 0.3) is 0 Å². The highest BCUT2D eigenvalue weighted by Gasteiger charge is 2.20. The number of nitrogens with two attached hydrogens (primary N) is 1. The van der Waals surface area contributed by atoms with Crippen LogP contribution in [-0.2, 0) is 4.74 Å². The summed E-state index contributed by atoms with van der Waals surface area (Å²) >= 11 is 0. The summed E-state index contributed by atoms with van der Waals surface area (Å²) < 4.78 is 5.65. The second-order valence-electron chi connectivity index (χ2n) is 5.26. The molecule has 1 aliphatic carbocycles. The quantitative estimate of drug-likeness (QED) is 0.766. The van der Waals surface area contributed by atoms with Gasteiger partial charge in [0.15, 0.2) is 0 Å². The van der Waals surface area contributed by atoms with Crippen molar-refractivity contribution >= 4 is 0 Å². The molecule has 94 valence electrons. The maximum absolute atomic E-state index is 6.12. The zero-order valence-electron chi connectivity index (χ0n) is 10.9. The molecule has 0 radical (unpaired) electrons. The smallest absolute Gasteiger partial charge is 0.0659 e. The molecule has 2 rings (SSSR count). The van der Waals surface area contributed by atoms with E-state index in [4.69, 9.17) is 10.5 Å². The van der Waals surface area contributed by atoms with Gasteiger partial charge in [0, 0.05) is 6.61 Å². The molecular formula is C15H23NO. The standard InChI is InChI=1S/C15H23NO/c1-11-3-6-14(9-12(11)2)15(16)10-17-8-7-13-4-5-13/h3,6,9,13,15H,4-5,7-8,10,16H2,1-2H3. The molecule has 2 N–H and O–H groups in total. The molecule has 1 saturated carbocycles. The summed E-state index contributed by atoms with van der Waals surface area (Å²) in [5.41, 5.74) is 9.92. The van der Waals surface area contributed by atoms with Crippen molar-refractivity contribution in [2.45, 2.75) is 39.2 Å². The molecule has 1 aromatic rings. The zero-order chi connectivity index (χ0) is 12.3. The van der Waals surface area contributed by atoms with E-state index in [0.717, 1.165) is 12.5 Å². The van der Waals surface area contributed by atoms with E-state index < -0.39 is 0 Å². The van der Waals surface area contributed by atoms with Gasteiger partial charge in [0.25, 0.3) is 0 Å². The fraction of sp³-hybridized carbons (Fsp3) is 0.600. The Morgan fingerprint density at radius 1 is 1.29 bits per heavy atom. The minimum absolute atomic E-state index is 0.00787. The Morgan fingerprint density at radius 2 is 2.06 bits per heavy atom. The van der Waals surface area contributed by atoms with Gasteiger partial charge in [-0.3, -0.25) is 0 Å². The van der Waals surface area contributed by atoms with E-state index in [1.807, 2.05) is 0 Å². The van der Waals surface area contributed by atoms with Crippen LogP contribution in [0.15, 0.2) is 18.2 Å². The van der Waals surface area contributed by atoms with E-state index >= 15 is 0 Å². The van der Waals surface area contributed by atoms with Crippen molar-refractivity contribution in [1.29, 1.82) is 0 Å². The summed E-state index contributed by atoms with van der Waals surface area (Å²) in [5.74, 6) is 0.938. The van der Waals surface area contributed by atoms with Crippen LogP contribution in [0, 0.1) is 19.8 Å². The first-order chi connectivity index (χ1) is 8.16. The molecule has 0 spiro atoms. The van der Waals surface area contributed by atoms with Crippen molar-refractivity contribution in [3.8, 4) is 0 Å². The second-order valence-corrected chi connectivity index (χ2v) is 5.26. The summed E-state index contributed by atoms with van der Waals surface area (Å²) in [6, 6.07) is 6.42. The minimum Gasteiger partial charge on any atom is -0.379 e. The topological polar surface area (TPSA) is 35.2 Å². The molecule has 0 amide bonds. The maximum atomic E-state index is 6.12. The number of benzene rings is 1. The molecule has 1 fully saturated rings. The Balaban J connectivity index is 1.76. The van der Waals surface area contributed by atoms with Gasteiger partial charge in [-0.1, -0.05) is 31.0 Å². The van der Waals surface area contributed by atoms with Crippen LogP contribution in [0.5, 0.6) is 0 Å². The van der Waals surface area contributed by atoms with E-state index in [9.17, 15) is 0 Å². The van der Waals surface area contributed by atoms with E-state index in [0.29, 0.717) is 6.61 Å². The van der Waals surface area contributed by atoms with Gasteiger partial charge < -0.3 is 10.5 Å². The average Bonchev–Trinajstić information content (AvgIpc) is 3.12. The lowest BCUT2D eigenvalue weighted by molar-refractivity contribution is 0.115. The van der Waals surface area contributed by atoms with Gasteiger partial charge in [-0.15, -0.1) is 0 Å². The monoisotopic (exact) mass is 233 g/mol. The summed E-state index contributed by atoms with van der Waals surface area (Å²) in [4.78, 5) is 0. The molecule has 0 aliphatic heterocycles. The molecule has 1 unspecified atom stereocenters. The van der Waals surface area contributed by atoms with Crippen LogP contribution in [0.4, 0.5) is 0 Å². The molecule has 0 aromatic heterocycles. The third-order valence-electron chi connectivity index (χ3n) is 3.62. The van der Waals surface area contributed by atoms with Gasteiger partial charge in [0.05, 0.1) is 12.6 Å². The molecule has 17 heavy (non-hydrogen) atoms. The average molecular weight is 233 g/mol.